The van der Waals surface area contributed by atoms with Crippen molar-refractivity contribution in [1.82, 2.24) is 14.6 Å². The van der Waals surface area contributed by atoms with Crippen LogP contribution in [0.1, 0.15) is 90.7 Å². The smallest absolute Gasteiger partial charge is 0.306 e. The predicted molar refractivity (Wildman–Crippen MR) is 175 cm³/mol. The number of sulfonamides is 1. The van der Waals surface area contributed by atoms with E-state index in [1.165, 1.54) is 4.90 Å². The summed E-state index contributed by atoms with van der Waals surface area (Å²) >= 11 is 0. The number of hydrogen-bond donors (Lipinski definition) is 1. The minimum Gasteiger partial charge on any atom is -0.486 e. The third-order valence-electron chi connectivity index (χ3n) is 9.84. The Kier molecular flexibility index (Phi) is 10.3. The van der Waals surface area contributed by atoms with Crippen LogP contribution in [0.2, 0.25) is 0 Å². The number of nitrogens with one attached hydrogen (secondary N) is 1. The molecule has 5 atom stereocenters. The molecular weight excluding hydrogens is 622 g/mol. The number of aromatic nitrogens is 1. The fourth-order valence-electron chi connectivity index (χ4n) is 6.66. The first-order valence-electron chi connectivity index (χ1n) is 16.7. The van der Waals surface area contributed by atoms with Crippen LogP contribution >= 0.6 is 0 Å². The Morgan fingerprint density at radius 2 is 1.96 bits per heavy atom. The first kappa shape index (κ1) is 34.8. The van der Waals surface area contributed by atoms with Crippen LogP contribution in [0.15, 0.2) is 37.1 Å². The van der Waals surface area contributed by atoms with E-state index in [0.717, 1.165) is 19.3 Å². The Balaban J connectivity index is 1.44. The van der Waals surface area contributed by atoms with Crippen molar-refractivity contribution in [2.45, 2.75) is 102 Å². The molecular formula is C35H47N3O8S. The van der Waals surface area contributed by atoms with E-state index in [1.807, 2.05) is 32.9 Å². The quantitative estimate of drug-likeness (QED) is 0.330. The number of cyclic esters (lactones) is 1. The number of amides is 2. The third kappa shape index (κ3) is 8.13. The van der Waals surface area contributed by atoms with Gasteiger partial charge >= 0.3 is 5.97 Å². The van der Waals surface area contributed by atoms with Crippen molar-refractivity contribution < 1.29 is 37.1 Å². The number of nitrogens with zero attached hydrogens (tertiary/aromatic N) is 2. The lowest BCUT2D eigenvalue weighted by Gasteiger charge is -2.34. The molecule has 1 aromatic rings. The molecule has 5 rings (SSSR count). The molecule has 1 aromatic heterocycles. The number of fused-ring (bicyclic) bond motifs is 3. The molecule has 256 valence electrons. The van der Waals surface area contributed by atoms with Crippen LogP contribution in [0, 0.1) is 22.7 Å². The third-order valence-corrected chi connectivity index (χ3v) is 11.7. The summed E-state index contributed by atoms with van der Waals surface area (Å²) in [5.74, 6) is -2.51. The van der Waals surface area contributed by atoms with Crippen molar-refractivity contribution in [1.29, 1.82) is 0 Å². The van der Waals surface area contributed by atoms with Crippen molar-refractivity contribution in [3.63, 3.8) is 0 Å². The molecule has 1 N–H and O–H groups in total. The van der Waals surface area contributed by atoms with E-state index in [9.17, 15) is 27.6 Å². The number of Topliss-reactive ketones (excluding diaryl/α,β-unsaturated/α-hetero) is 1. The number of rotatable bonds is 7. The lowest BCUT2D eigenvalue weighted by molar-refractivity contribution is -0.153. The second kappa shape index (κ2) is 13.9. The zero-order valence-corrected chi connectivity index (χ0v) is 28.4. The molecule has 2 amide bonds. The number of ether oxygens (including phenoxy) is 2. The van der Waals surface area contributed by atoms with Crippen molar-refractivity contribution in [2.75, 3.05) is 13.2 Å². The van der Waals surface area contributed by atoms with Crippen LogP contribution < -0.4 is 9.46 Å². The fraction of sp³-hybridized carbons (Fsp3) is 0.629. The van der Waals surface area contributed by atoms with Gasteiger partial charge in [-0.05, 0) is 74.5 Å². The van der Waals surface area contributed by atoms with Gasteiger partial charge in [0.15, 0.2) is 5.78 Å². The largest absolute Gasteiger partial charge is 0.486 e. The summed E-state index contributed by atoms with van der Waals surface area (Å²) < 4.78 is 39.4. The molecule has 12 heteroatoms. The molecule has 4 aliphatic rings. The molecule has 2 aliphatic carbocycles. The highest BCUT2D eigenvalue weighted by Gasteiger charge is 2.61. The topological polar surface area (TPSA) is 149 Å². The fourth-order valence-corrected chi connectivity index (χ4v) is 8.04. The van der Waals surface area contributed by atoms with Crippen LogP contribution in [0.25, 0.3) is 6.08 Å². The van der Waals surface area contributed by atoms with Crippen molar-refractivity contribution in [3.05, 3.63) is 42.8 Å². The number of pyridine rings is 1. The average Bonchev–Trinajstić information content (AvgIpc) is 3.93. The number of esters is 1. The van der Waals surface area contributed by atoms with Crippen LogP contribution in [-0.2, 0) is 33.9 Å². The Morgan fingerprint density at radius 3 is 2.64 bits per heavy atom. The van der Waals surface area contributed by atoms with Crippen LogP contribution in [-0.4, -0.2) is 72.4 Å². The molecule has 1 saturated heterocycles. The van der Waals surface area contributed by atoms with Crippen LogP contribution in [0.3, 0.4) is 0 Å². The molecule has 2 bridgehead atoms. The minimum atomic E-state index is -3.82. The van der Waals surface area contributed by atoms with E-state index < -0.39 is 56.0 Å². The SMILES string of the molecule is C=C[C@@H]1C[C@]1(CC(=O)[C@@H]1C[C@@H]2CN1C(=O)[C@H](C(C)(C)C)CC(=O)OCCCCC/C=C/c1ncccc1O2)C(=O)NS(=O)(=O)C1CC1. The maximum atomic E-state index is 14.4. The minimum absolute atomic E-state index is 0.0923. The van der Waals surface area contributed by atoms with Crippen LogP contribution in [0.5, 0.6) is 5.75 Å². The summed E-state index contributed by atoms with van der Waals surface area (Å²) in [5, 5.41) is -0.590. The molecule has 47 heavy (non-hydrogen) atoms. The Labute approximate surface area is 277 Å². The summed E-state index contributed by atoms with van der Waals surface area (Å²) in [5.41, 5.74) is -1.25. The standard InChI is InChI=1S/C35H47N3O8S/c1-5-23-20-35(23,33(42)37-47(43,44)25-14-15-25)21-29(39)28-18-24-22-38(28)32(41)26(34(2,3)4)19-31(40)45-17-10-8-6-7-9-12-27-30(46-24)13-11-16-36-27/h5,9,11-13,16,23-26,28H,1,6-8,10,14-15,17-22H2,2-4H3,(H,37,42)/b12-9+/t23-,24-,26-,28+,35-/m1/s1. The number of allylic oxidation sites excluding steroid dienone is 2. The monoisotopic (exact) mass is 669 g/mol. The number of ketones is 1. The number of carbonyl (C=O) groups excluding carboxylic acids is 4. The van der Waals surface area contributed by atoms with Gasteiger partial charge < -0.3 is 14.4 Å². The van der Waals surface area contributed by atoms with Gasteiger partial charge in [-0.15, -0.1) is 6.58 Å². The summed E-state index contributed by atoms with van der Waals surface area (Å²) in [6.45, 7) is 9.80. The highest BCUT2D eigenvalue weighted by molar-refractivity contribution is 7.90. The number of carbonyl (C=O) groups is 4. The normalized spacial score (nSPS) is 29.7. The van der Waals surface area contributed by atoms with E-state index in [4.69, 9.17) is 9.47 Å². The van der Waals surface area contributed by atoms with Gasteiger partial charge in [0.1, 0.15) is 17.5 Å². The zero-order chi connectivity index (χ0) is 34.0. The van der Waals surface area contributed by atoms with E-state index in [2.05, 4.69) is 16.3 Å². The molecule has 0 radical (unpaired) electrons. The van der Waals surface area contributed by atoms with Crippen molar-refractivity contribution in [3.8, 4) is 5.75 Å². The Bertz CT molecular complexity index is 1530. The average molecular weight is 670 g/mol. The van der Waals surface area contributed by atoms with E-state index in [0.29, 0.717) is 30.7 Å². The Morgan fingerprint density at radius 1 is 1.19 bits per heavy atom. The first-order chi connectivity index (χ1) is 22.2. The molecule has 0 aromatic carbocycles. The molecule has 0 unspecified atom stereocenters. The second-order valence-electron chi connectivity index (χ2n) is 14.5. The van der Waals surface area contributed by atoms with Gasteiger partial charge in [0, 0.05) is 19.0 Å². The lowest BCUT2D eigenvalue weighted by atomic mass is 9.77. The van der Waals surface area contributed by atoms with E-state index >= 15 is 0 Å². The predicted octanol–water partition coefficient (Wildman–Crippen LogP) is 4.37. The zero-order valence-electron chi connectivity index (χ0n) is 27.6. The molecule has 11 nitrogen and oxygen atoms in total. The summed E-state index contributed by atoms with van der Waals surface area (Å²) in [6.07, 6.45) is 11.0. The lowest BCUT2D eigenvalue weighted by Crippen LogP contribution is -2.48. The second-order valence-corrected chi connectivity index (χ2v) is 16.4. The van der Waals surface area contributed by atoms with Crippen LogP contribution in [0.4, 0.5) is 0 Å². The van der Waals surface area contributed by atoms with Crippen molar-refractivity contribution in [2.24, 2.45) is 22.7 Å². The van der Waals surface area contributed by atoms with E-state index in [-0.39, 0.29) is 56.4 Å². The molecule has 2 aliphatic heterocycles. The maximum absolute atomic E-state index is 14.4. The highest BCUT2D eigenvalue weighted by Crippen LogP contribution is 2.57. The van der Waals surface area contributed by atoms with Crippen molar-refractivity contribution >= 4 is 39.7 Å². The van der Waals surface area contributed by atoms with E-state index in [1.54, 1.807) is 24.4 Å². The van der Waals surface area contributed by atoms with Gasteiger partial charge in [0.05, 0.1) is 42.2 Å². The molecule has 3 heterocycles. The molecule has 3 fully saturated rings. The Hall–Kier alpha value is -3.54. The van der Waals surface area contributed by atoms with Gasteiger partial charge in [0.2, 0.25) is 21.8 Å². The summed E-state index contributed by atoms with van der Waals surface area (Å²) in [4.78, 5) is 60.9. The van der Waals surface area contributed by atoms with Gasteiger partial charge in [-0.2, -0.15) is 0 Å². The maximum Gasteiger partial charge on any atom is 0.306 e. The van der Waals surface area contributed by atoms with Gasteiger partial charge in [-0.25, -0.2) is 8.42 Å². The van der Waals surface area contributed by atoms with Gasteiger partial charge in [0.25, 0.3) is 0 Å². The van der Waals surface area contributed by atoms with Gasteiger partial charge in [-0.1, -0.05) is 32.9 Å². The van der Waals surface area contributed by atoms with Gasteiger partial charge in [-0.3, -0.25) is 28.9 Å². The molecule has 0 spiro atoms. The highest BCUT2D eigenvalue weighted by atomic mass is 32.2. The molecule has 2 saturated carbocycles. The summed E-state index contributed by atoms with van der Waals surface area (Å²) in [7, 11) is -3.82. The number of hydrogen-bond acceptors (Lipinski definition) is 9. The summed E-state index contributed by atoms with van der Waals surface area (Å²) in [6, 6.07) is 2.63. The first-order valence-corrected chi connectivity index (χ1v) is 18.3.